The van der Waals surface area contributed by atoms with Gasteiger partial charge in [0.05, 0.1) is 34.0 Å². The van der Waals surface area contributed by atoms with Crippen LogP contribution in [0.2, 0.25) is 0 Å². The topological polar surface area (TPSA) is 98.7 Å². The quantitative estimate of drug-likeness (QED) is 0.430. The lowest BCUT2D eigenvalue weighted by atomic mass is 9.93. The first-order valence-corrected chi connectivity index (χ1v) is 14.8. The first-order valence-electron chi connectivity index (χ1n) is 13.1. The fraction of sp³-hybridized carbons (Fsp3) is 0.552. The van der Waals surface area contributed by atoms with Crippen molar-refractivity contribution in [3.05, 3.63) is 48.0 Å². The lowest BCUT2D eigenvalue weighted by molar-refractivity contribution is 0.102. The van der Waals surface area contributed by atoms with E-state index in [4.69, 9.17) is 0 Å². The molecule has 0 bridgehead atoms. The monoisotopic (exact) mass is 527 g/mol. The molecule has 1 spiro atoms. The lowest BCUT2D eigenvalue weighted by Gasteiger charge is -2.35. The van der Waals surface area contributed by atoms with Crippen molar-refractivity contribution in [1.82, 2.24) is 0 Å². The largest absolute Gasteiger partial charge is 0.394 e. The van der Waals surface area contributed by atoms with Crippen molar-refractivity contribution in [2.45, 2.75) is 70.7 Å². The Bertz CT molecular complexity index is 1250. The number of nitrogens with one attached hydrogen (secondary N) is 2. The molecule has 3 N–H and O–H groups in total. The number of piperidine rings is 1. The van der Waals surface area contributed by atoms with Gasteiger partial charge in [0, 0.05) is 24.5 Å². The fourth-order valence-corrected chi connectivity index (χ4v) is 6.91. The average molecular weight is 528 g/mol. The molecule has 37 heavy (non-hydrogen) atoms. The molecule has 1 saturated carbocycles. The van der Waals surface area contributed by atoms with Gasteiger partial charge < -0.3 is 20.6 Å². The third-order valence-electron chi connectivity index (χ3n) is 7.32. The maximum absolute atomic E-state index is 13.5. The summed E-state index contributed by atoms with van der Waals surface area (Å²) in [5, 5.41) is 16.0. The van der Waals surface area contributed by atoms with Gasteiger partial charge in [0.15, 0.2) is 9.84 Å². The van der Waals surface area contributed by atoms with Crippen LogP contribution < -0.4 is 15.5 Å². The van der Waals surface area contributed by atoms with Crippen LogP contribution in [0, 0.1) is 10.8 Å². The van der Waals surface area contributed by atoms with Gasteiger partial charge in [-0.3, -0.25) is 4.79 Å². The second-order valence-corrected chi connectivity index (χ2v) is 14.7. The Balaban J connectivity index is 1.60. The Morgan fingerprint density at radius 3 is 2.24 bits per heavy atom. The number of hydrogen-bond donors (Lipinski definition) is 3. The number of amides is 1. The summed E-state index contributed by atoms with van der Waals surface area (Å²) in [5.74, 6) is -0.253. The predicted octanol–water partition coefficient (Wildman–Crippen LogP) is 5.32. The number of carbonyl (C=O) groups excluding carboxylic acids is 1. The van der Waals surface area contributed by atoms with Crippen molar-refractivity contribution < 1.29 is 18.3 Å². The van der Waals surface area contributed by atoms with E-state index < -0.39 is 15.4 Å². The van der Waals surface area contributed by atoms with Crippen molar-refractivity contribution in [2.24, 2.45) is 10.8 Å². The standard InChI is InChI=1S/C29H41N3O4S/c1-27(2,3)20-37(35,36)23-8-6-7-21(17-23)30-26(34)24-10-9-22(31-28(4,5)19-33)18-25(24)32-15-13-29(11-12-29)14-16-32/h6-10,17-18,31,33H,11-16,19-20H2,1-5H3,(H,30,34). The molecule has 202 valence electrons. The Morgan fingerprint density at radius 2 is 1.65 bits per heavy atom. The SMILES string of the molecule is CC(C)(C)CS(=O)(=O)c1cccc(NC(=O)c2ccc(NC(C)(C)CO)cc2N2CCC3(CC2)CC3)c1. The zero-order chi connectivity index (χ0) is 27.1. The van der Waals surface area contributed by atoms with E-state index in [-0.39, 0.29) is 28.6 Å². The summed E-state index contributed by atoms with van der Waals surface area (Å²) < 4.78 is 25.8. The van der Waals surface area contributed by atoms with E-state index in [2.05, 4.69) is 15.5 Å². The minimum absolute atomic E-state index is 0.0226. The van der Waals surface area contributed by atoms with Gasteiger partial charge in [0.25, 0.3) is 5.91 Å². The van der Waals surface area contributed by atoms with E-state index in [0.29, 0.717) is 16.7 Å². The van der Waals surface area contributed by atoms with Gasteiger partial charge in [-0.05, 0) is 86.8 Å². The Morgan fingerprint density at radius 1 is 0.973 bits per heavy atom. The van der Waals surface area contributed by atoms with Gasteiger partial charge in [-0.15, -0.1) is 0 Å². The number of carbonyl (C=O) groups is 1. The molecule has 0 aromatic heterocycles. The van der Waals surface area contributed by atoms with Crippen molar-refractivity contribution >= 4 is 32.8 Å². The third kappa shape index (κ3) is 6.85. The van der Waals surface area contributed by atoms with Crippen LogP contribution in [-0.2, 0) is 9.84 Å². The molecule has 1 saturated heterocycles. The average Bonchev–Trinajstić information content (AvgIpc) is 3.56. The molecule has 2 aromatic carbocycles. The first kappa shape index (κ1) is 27.5. The van der Waals surface area contributed by atoms with Crippen molar-refractivity contribution in [1.29, 1.82) is 0 Å². The smallest absolute Gasteiger partial charge is 0.257 e. The summed E-state index contributed by atoms with van der Waals surface area (Å²) in [6.07, 6.45) is 4.85. The molecule has 0 radical (unpaired) electrons. The van der Waals surface area contributed by atoms with Gasteiger partial charge in [0.1, 0.15) is 0 Å². The predicted molar refractivity (Wildman–Crippen MR) is 150 cm³/mol. The normalized spacial score (nSPS) is 17.5. The molecule has 1 heterocycles. The number of sulfone groups is 1. The van der Waals surface area contributed by atoms with Gasteiger partial charge in [-0.2, -0.15) is 0 Å². The van der Waals surface area contributed by atoms with Crippen LogP contribution >= 0.6 is 0 Å². The molecule has 2 aromatic rings. The summed E-state index contributed by atoms with van der Waals surface area (Å²) in [5.41, 5.74) is 2.32. The summed E-state index contributed by atoms with van der Waals surface area (Å²) in [7, 11) is -3.49. The van der Waals surface area contributed by atoms with E-state index in [0.717, 1.165) is 37.3 Å². The Labute approximate surface area is 221 Å². The number of aliphatic hydroxyl groups is 1. The second kappa shape index (κ2) is 9.95. The lowest BCUT2D eigenvalue weighted by Crippen LogP contribution is -2.37. The molecular formula is C29H41N3O4S. The zero-order valence-electron chi connectivity index (χ0n) is 22.7. The zero-order valence-corrected chi connectivity index (χ0v) is 23.5. The highest BCUT2D eigenvalue weighted by Crippen LogP contribution is 2.54. The Kier molecular flexibility index (Phi) is 7.38. The van der Waals surface area contributed by atoms with Gasteiger partial charge >= 0.3 is 0 Å². The number of hydrogen-bond acceptors (Lipinski definition) is 6. The molecule has 4 rings (SSSR count). The highest BCUT2D eigenvalue weighted by molar-refractivity contribution is 7.91. The molecule has 8 heteroatoms. The third-order valence-corrected chi connectivity index (χ3v) is 9.53. The maximum atomic E-state index is 13.5. The molecule has 1 amide bonds. The van der Waals surface area contributed by atoms with Crippen LogP contribution in [0.5, 0.6) is 0 Å². The number of rotatable bonds is 8. The van der Waals surface area contributed by atoms with E-state index in [1.807, 2.05) is 52.8 Å². The highest BCUT2D eigenvalue weighted by atomic mass is 32.2. The number of benzene rings is 2. The van der Waals surface area contributed by atoms with Crippen LogP contribution in [0.15, 0.2) is 47.4 Å². The summed E-state index contributed by atoms with van der Waals surface area (Å²) in [4.78, 5) is 16.0. The molecule has 1 aliphatic carbocycles. The van der Waals surface area contributed by atoms with Gasteiger partial charge in [-0.1, -0.05) is 26.8 Å². The number of nitrogens with zero attached hydrogens (tertiary/aromatic N) is 1. The van der Waals surface area contributed by atoms with Crippen LogP contribution in [-0.4, -0.2) is 50.4 Å². The Hall–Kier alpha value is -2.58. The molecule has 0 atom stereocenters. The minimum atomic E-state index is -3.49. The van der Waals surface area contributed by atoms with Crippen LogP contribution in [0.3, 0.4) is 0 Å². The summed E-state index contributed by atoms with van der Waals surface area (Å²) >= 11 is 0. The molecule has 2 aliphatic rings. The fourth-order valence-electron chi connectivity index (χ4n) is 5.01. The molecule has 1 aliphatic heterocycles. The van der Waals surface area contributed by atoms with Crippen molar-refractivity contribution in [3.8, 4) is 0 Å². The van der Waals surface area contributed by atoms with E-state index in [1.54, 1.807) is 18.2 Å². The van der Waals surface area contributed by atoms with Crippen molar-refractivity contribution in [2.75, 3.05) is 41.0 Å². The van der Waals surface area contributed by atoms with Gasteiger partial charge in [0.2, 0.25) is 0 Å². The molecular weight excluding hydrogens is 486 g/mol. The van der Waals surface area contributed by atoms with E-state index in [9.17, 15) is 18.3 Å². The van der Waals surface area contributed by atoms with Crippen LogP contribution in [0.25, 0.3) is 0 Å². The van der Waals surface area contributed by atoms with Crippen molar-refractivity contribution in [3.63, 3.8) is 0 Å². The van der Waals surface area contributed by atoms with Gasteiger partial charge in [-0.25, -0.2) is 8.42 Å². The number of anilines is 3. The summed E-state index contributed by atoms with van der Waals surface area (Å²) in [6.45, 7) is 11.3. The van der Waals surface area contributed by atoms with Crippen LogP contribution in [0.1, 0.15) is 70.7 Å². The molecule has 7 nitrogen and oxygen atoms in total. The highest BCUT2D eigenvalue weighted by Gasteiger charge is 2.44. The first-order chi connectivity index (χ1) is 17.2. The van der Waals surface area contributed by atoms with E-state index >= 15 is 0 Å². The van der Waals surface area contributed by atoms with E-state index in [1.165, 1.54) is 18.9 Å². The molecule has 0 unspecified atom stereocenters. The maximum Gasteiger partial charge on any atom is 0.257 e. The molecule has 2 fully saturated rings. The second-order valence-electron chi connectivity index (χ2n) is 12.7. The number of aliphatic hydroxyl groups excluding tert-OH is 1. The minimum Gasteiger partial charge on any atom is -0.394 e. The van der Waals surface area contributed by atoms with Crippen LogP contribution in [0.4, 0.5) is 17.1 Å². The summed E-state index contributed by atoms with van der Waals surface area (Å²) in [6, 6.07) is 12.1.